The van der Waals surface area contributed by atoms with Crippen molar-refractivity contribution < 1.29 is 5.11 Å². The molecule has 0 amide bonds. The van der Waals surface area contributed by atoms with Gasteiger partial charge in [0.05, 0.1) is 6.10 Å². The first kappa shape index (κ1) is 11.3. The molecule has 1 rings (SSSR count). The second kappa shape index (κ2) is 5.82. The van der Waals surface area contributed by atoms with E-state index in [1.807, 2.05) is 6.92 Å². The number of benzene rings is 1. The molecule has 1 heteroatoms. The van der Waals surface area contributed by atoms with Gasteiger partial charge in [-0.15, -0.1) is 0 Å². The highest BCUT2D eigenvalue weighted by molar-refractivity contribution is 5.23. The molecule has 0 radical (unpaired) electrons. The van der Waals surface area contributed by atoms with Gasteiger partial charge >= 0.3 is 0 Å². The Labute approximate surface area is 86.8 Å². The minimum absolute atomic E-state index is 0.239. The van der Waals surface area contributed by atoms with Gasteiger partial charge in [-0.3, -0.25) is 0 Å². The largest absolute Gasteiger partial charge is 0.393 e. The molecule has 0 saturated heterocycles. The number of hydrogen-bond acceptors (Lipinski definition) is 1. The Morgan fingerprint density at radius 3 is 2.21 bits per heavy atom. The molecule has 0 bridgehead atoms. The summed E-state index contributed by atoms with van der Waals surface area (Å²) in [6, 6.07) is 8.59. The average molecular weight is 192 g/mol. The number of unbranched alkanes of at least 4 members (excludes halogenated alkanes) is 1. The normalized spacial score (nSPS) is 12.8. The maximum atomic E-state index is 9.22. The van der Waals surface area contributed by atoms with Crippen LogP contribution in [0.4, 0.5) is 0 Å². The fourth-order valence-corrected chi connectivity index (χ4v) is 1.56. The zero-order valence-electron chi connectivity index (χ0n) is 9.16. The summed E-state index contributed by atoms with van der Waals surface area (Å²) in [5, 5.41) is 9.22. The molecule has 0 heterocycles. The first-order valence-electron chi connectivity index (χ1n) is 5.48. The third kappa shape index (κ3) is 3.93. The molecule has 0 aromatic heterocycles. The Morgan fingerprint density at radius 2 is 1.71 bits per heavy atom. The van der Waals surface area contributed by atoms with Crippen molar-refractivity contribution in [2.75, 3.05) is 0 Å². The van der Waals surface area contributed by atoms with Crippen molar-refractivity contribution in [1.82, 2.24) is 0 Å². The van der Waals surface area contributed by atoms with Crippen LogP contribution in [0.3, 0.4) is 0 Å². The van der Waals surface area contributed by atoms with Crippen LogP contribution in [0.2, 0.25) is 0 Å². The highest BCUT2D eigenvalue weighted by Gasteiger charge is 1.98. The van der Waals surface area contributed by atoms with E-state index in [1.165, 1.54) is 30.4 Å². The van der Waals surface area contributed by atoms with Crippen molar-refractivity contribution in [3.05, 3.63) is 35.4 Å². The van der Waals surface area contributed by atoms with Crippen molar-refractivity contribution in [2.45, 2.75) is 45.6 Å². The average Bonchev–Trinajstić information content (AvgIpc) is 2.16. The highest BCUT2D eigenvalue weighted by Crippen LogP contribution is 2.09. The van der Waals surface area contributed by atoms with Gasteiger partial charge in [0.1, 0.15) is 0 Å². The van der Waals surface area contributed by atoms with E-state index in [0.717, 1.165) is 6.42 Å². The number of aliphatic hydroxyl groups is 1. The zero-order valence-corrected chi connectivity index (χ0v) is 9.16. The van der Waals surface area contributed by atoms with Gasteiger partial charge in [-0.05, 0) is 37.3 Å². The van der Waals surface area contributed by atoms with Crippen LogP contribution in [-0.2, 0) is 12.8 Å². The molecular weight excluding hydrogens is 172 g/mol. The molecule has 0 saturated carbocycles. The molecule has 1 atom stereocenters. The molecule has 14 heavy (non-hydrogen) atoms. The summed E-state index contributed by atoms with van der Waals surface area (Å²) >= 11 is 0. The van der Waals surface area contributed by atoms with Crippen molar-refractivity contribution in [1.29, 1.82) is 0 Å². The molecule has 0 aliphatic rings. The maximum absolute atomic E-state index is 9.22. The lowest BCUT2D eigenvalue weighted by Gasteiger charge is -2.05. The van der Waals surface area contributed by atoms with Gasteiger partial charge < -0.3 is 5.11 Å². The minimum atomic E-state index is -0.239. The van der Waals surface area contributed by atoms with Crippen LogP contribution < -0.4 is 0 Å². The Morgan fingerprint density at radius 1 is 1.14 bits per heavy atom. The zero-order chi connectivity index (χ0) is 10.4. The lowest BCUT2D eigenvalue weighted by molar-refractivity contribution is 0.195. The maximum Gasteiger partial charge on any atom is 0.0552 e. The van der Waals surface area contributed by atoms with Crippen LogP contribution in [0, 0.1) is 0 Å². The third-order valence-electron chi connectivity index (χ3n) is 2.37. The minimum Gasteiger partial charge on any atom is -0.393 e. The van der Waals surface area contributed by atoms with Crippen LogP contribution in [0.5, 0.6) is 0 Å². The van der Waals surface area contributed by atoms with Crippen LogP contribution >= 0.6 is 0 Å². The molecule has 0 fully saturated rings. The van der Waals surface area contributed by atoms with E-state index in [-0.39, 0.29) is 6.10 Å². The van der Waals surface area contributed by atoms with Crippen LogP contribution in [0.15, 0.2) is 24.3 Å². The summed E-state index contributed by atoms with van der Waals surface area (Å²) in [6.07, 6.45) is 4.20. The Balaban J connectivity index is 2.50. The van der Waals surface area contributed by atoms with Crippen LogP contribution in [0.1, 0.15) is 37.8 Å². The van der Waals surface area contributed by atoms with E-state index in [4.69, 9.17) is 0 Å². The van der Waals surface area contributed by atoms with E-state index >= 15 is 0 Å². The molecule has 1 nitrogen and oxygen atoms in total. The van der Waals surface area contributed by atoms with Gasteiger partial charge in [0.2, 0.25) is 0 Å². The van der Waals surface area contributed by atoms with E-state index in [0.29, 0.717) is 0 Å². The smallest absolute Gasteiger partial charge is 0.0552 e. The van der Waals surface area contributed by atoms with Crippen LogP contribution in [0.25, 0.3) is 0 Å². The van der Waals surface area contributed by atoms with E-state index in [1.54, 1.807) is 0 Å². The standard InChI is InChI=1S/C13H20O/c1-3-4-5-12-6-8-13(9-7-12)10-11(2)14/h6-9,11,14H,3-5,10H2,1-2H3. The first-order valence-corrected chi connectivity index (χ1v) is 5.48. The Hall–Kier alpha value is -0.820. The lowest BCUT2D eigenvalue weighted by Crippen LogP contribution is -2.03. The highest BCUT2D eigenvalue weighted by atomic mass is 16.3. The van der Waals surface area contributed by atoms with Crippen LogP contribution in [-0.4, -0.2) is 11.2 Å². The lowest BCUT2D eigenvalue weighted by atomic mass is 10.0. The number of hydrogen-bond donors (Lipinski definition) is 1. The summed E-state index contributed by atoms with van der Waals surface area (Å²) in [6.45, 7) is 4.03. The molecule has 0 spiro atoms. The molecular formula is C13H20O. The molecule has 0 aliphatic carbocycles. The van der Waals surface area contributed by atoms with E-state index in [9.17, 15) is 5.11 Å². The summed E-state index contributed by atoms with van der Waals surface area (Å²) in [5.74, 6) is 0. The van der Waals surface area contributed by atoms with E-state index in [2.05, 4.69) is 31.2 Å². The molecule has 78 valence electrons. The van der Waals surface area contributed by atoms with Crippen molar-refractivity contribution in [2.24, 2.45) is 0 Å². The predicted molar refractivity (Wildman–Crippen MR) is 60.4 cm³/mol. The van der Waals surface area contributed by atoms with Gasteiger partial charge in [0.15, 0.2) is 0 Å². The molecule has 1 N–H and O–H groups in total. The third-order valence-corrected chi connectivity index (χ3v) is 2.37. The molecule has 1 aromatic carbocycles. The summed E-state index contributed by atoms with van der Waals surface area (Å²) in [5.41, 5.74) is 2.63. The predicted octanol–water partition coefficient (Wildman–Crippen LogP) is 2.95. The van der Waals surface area contributed by atoms with Gasteiger partial charge in [-0.2, -0.15) is 0 Å². The Kier molecular flexibility index (Phi) is 4.68. The Bertz CT molecular complexity index is 248. The summed E-state index contributed by atoms with van der Waals surface area (Å²) in [7, 11) is 0. The van der Waals surface area contributed by atoms with Gasteiger partial charge in [0, 0.05) is 0 Å². The summed E-state index contributed by atoms with van der Waals surface area (Å²) in [4.78, 5) is 0. The monoisotopic (exact) mass is 192 g/mol. The molecule has 0 aliphatic heterocycles. The number of rotatable bonds is 5. The summed E-state index contributed by atoms with van der Waals surface area (Å²) < 4.78 is 0. The quantitative estimate of drug-likeness (QED) is 0.760. The number of aliphatic hydroxyl groups excluding tert-OH is 1. The molecule has 1 unspecified atom stereocenters. The van der Waals surface area contributed by atoms with Gasteiger partial charge in [-0.25, -0.2) is 0 Å². The fourth-order valence-electron chi connectivity index (χ4n) is 1.56. The molecule has 1 aromatic rings. The SMILES string of the molecule is CCCCc1ccc(CC(C)O)cc1. The van der Waals surface area contributed by atoms with Crippen molar-refractivity contribution in [3.8, 4) is 0 Å². The second-order valence-electron chi connectivity index (χ2n) is 3.97. The number of aryl methyl sites for hydroxylation is 1. The van der Waals surface area contributed by atoms with E-state index < -0.39 is 0 Å². The van der Waals surface area contributed by atoms with Crippen molar-refractivity contribution >= 4 is 0 Å². The first-order chi connectivity index (χ1) is 6.72. The van der Waals surface area contributed by atoms with Crippen molar-refractivity contribution in [3.63, 3.8) is 0 Å². The topological polar surface area (TPSA) is 20.2 Å². The van der Waals surface area contributed by atoms with Gasteiger partial charge in [0.25, 0.3) is 0 Å². The second-order valence-corrected chi connectivity index (χ2v) is 3.97. The van der Waals surface area contributed by atoms with Gasteiger partial charge in [-0.1, -0.05) is 37.6 Å². The fraction of sp³-hybridized carbons (Fsp3) is 0.538.